The van der Waals surface area contributed by atoms with E-state index in [-0.39, 0.29) is 5.91 Å². The Bertz CT molecular complexity index is 1090. The summed E-state index contributed by atoms with van der Waals surface area (Å²) in [5, 5.41) is 1.25. The highest BCUT2D eigenvalue weighted by Crippen LogP contribution is 2.44. The largest absolute Gasteiger partial charge is 0.459 e. The standard InChI is InChI=1S/C23H28N4O2S/c1-15-24-20(19-16-7-8-23(2,3)14-18(16)30-21(19)25-15)26-9-5-10-27(12-11-26)22(28)17-6-4-13-29-17/h4,6,13H,5,7-12,14H2,1-3H3. The van der Waals surface area contributed by atoms with Crippen molar-refractivity contribution in [2.24, 2.45) is 5.41 Å². The zero-order valence-corrected chi connectivity index (χ0v) is 18.7. The number of hydrogen-bond donors (Lipinski definition) is 0. The molecule has 30 heavy (non-hydrogen) atoms. The maximum absolute atomic E-state index is 12.7. The third-order valence-electron chi connectivity index (χ3n) is 6.33. The van der Waals surface area contributed by atoms with E-state index in [1.165, 1.54) is 22.2 Å². The van der Waals surface area contributed by atoms with Gasteiger partial charge in [0.15, 0.2) is 5.76 Å². The van der Waals surface area contributed by atoms with Crippen molar-refractivity contribution in [2.45, 2.75) is 46.5 Å². The van der Waals surface area contributed by atoms with Gasteiger partial charge in [-0.05, 0) is 55.7 Å². The number of carbonyl (C=O) groups is 1. The molecule has 3 aromatic rings. The van der Waals surface area contributed by atoms with E-state index in [0.29, 0.717) is 17.7 Å². The third-order valence-corrected chi connectivity index (χ3v) is 7.46. The van der Waals surface area contributed by atoms with Gasteiger partial charge in [-0.1, -0.05) is 13.8 Å². The van der Waals surface area contributed by atoms with E-state index in [4.69, 9.17) is 14.4 Å². The maximum Gasteiger partial charge on any atom is 0.289 e. The lowest BCUT2D eigenvalue weighted by Crippen LogP contribution is -2.35. The number of amides is 1. The van der Waals surface area contributed by atoms with Crippen molar-refractivity contribution in [1.29, 1.82) is 0 Å². The second-order valence-electron chi connectivity index (χ2n) is 9.23. The Labute approximate surface area is 180 Å². The molecule has 7 heteroatoms. The van der Waals surface area contributed by atoms with Gasteiger partial charge in [0.2, 0.25) is 0 Å². The Morgan fingerprint density at radius 3 is 2.87 bits per heavy atom. The maximum atomic E-state index is 12.7. The first kappa shape index (κ1) is 19.5. The van der Waals surface area contributed by atoms with Gasteiger partial charge in [0.25, 0.3) is 5.91 Å². The van der Waals surface area contributed by atoms with E-state index < -0.39 is 0 Å². The Balaban J connectivity index is 1.46. The number of furan rings is 1. The van der Waals surface area contributed by atoms with E-state index >= 15 is 0 Å². The van der Waals surface area contributed by atoms with Crippen LogP contribution < -0.4 is 4.90 Å². The Morgan fingerprint density at radius 2 is 2.07 bits per heavy atom. The first-order chi connectivity index (χ1) is 14.4. The second kappa shape index (κ2) is 7.38. The number of hydrogen-bond acceptors (Lipinski definition) is 6. The predicted octanol–water partition coefficient (Wildman–Crippen LogP) is 4.46. The summed E-state index contributed by atoms with van der Waals surface area (Å²) in [5.74, 6) is 2.27. The average molecular weight is 425 g/mol. The molecule has 0 unspecified atom stereocenters. The number of anilines is 1. The first-order valence-electron chi connectivity index (χ1n) is 10.8. The Hall–Kier alpha value is -2.41. The van der Waals surface area contributed by atoms with Crippen molar-refractivity contribution in [1.82, 2.24) is 14.9 Å². The van der Waals surface area contributed by atoms with E-state index in [0.717, 1.165) is 55.4 Å². The summed E-state index contributed by atoms with van der Waals surface area (Å²) in [5.41, 5.74) is 1.81. The molecule has 4 heterocycles. The summed E-state index contributed by atoms with van der Waals surface area (Å²) in [6.07, 6.45) is 5.88. The van der Waals surface area contributed by atoms with E-state index in [2.05, 4.69) is 18.7 Å². The van der Waals surface area contributed by atoms with Gasteiger partial charge in [-0.15, -0.1) is 11.3 Å². The summed E-state index contributed by atoms with van der Waals surface area (Å²) in [4.78, 5) is 29.3. The molecule has 0 radical (unpaired) electrons. The first-order valence-corrected chi connectivity index (χ1v) is 11.6. The van der Waals surface area contributed by atoms with Crippen LogP contribution in [-0.4, -0.2) is 47.0 Å². The quantitative estimate of drug-likeness (QED) is 0.608. The van der Waals surface area contributed by atoms with Gasteiger partial charge in [0.1, 0.15) is 16.5 Å². The fourth-order valence-electron chi connectivity index (χ4n) is 4.70. The Kier molecular flexibility index (Phi) is 4.81. The summed E-state index contributed by atoms with van der Waals surface area (Å²) in [6, 6.07) is 3.50. The molecule has 158 valence electrons. The van der Waals surface area contributed by atoms with Crippen molar-refractivity contribution in [3.63, 3.8) is 0 Å². The van der Waals surface area contributed by atoms with Crippen LogP contribution in [0, 0.1) is 12.3 Å². The van der Waals surface area contributed by atoms with E-state index in [9.17, 15) is 4.79 Å². The number of aromatic nitrogens is 2. The predicted molar refractivity (Wildman–Crippen MR) is 119 cm³/mol. The monoisotopic (exact) mass is 424 g/mol. The van der Waals surface area contributed by atoms with Crippen LogP contribution in [0.1, 0.15) is 53.5 Å². The van der Waals surface area contributed by atoms with E-state index in [1.54, 1.807) is 18.4 Å². The number of fused-ring (bicyclic) bond motifs is 3. The molecule has 0 aromatic carbocycles. The molecule has 1 fully saturated rings. The zero-order chi connectivity index (χ0) is 20.9. The number of thiophene rings is 1. The molecule has 0 spiro atoms. The minimum Gasteiger partial charge on any atom is -0.459 e. The van der Waals surface area contributed by atoms with Gasteiger partial charge in [-0.3, -0.25) is 4.79 Å². The molecular weight excluding hydrogens is 396 g/mol. The van der Waals surface area contributed by atoms with Gasteiger partial charge in [0, 0.05) is 31.1 Å². The lowest BCUT2D eigenvalue weighted by molar-refractivity contribution is 0.0735. The van der Waals surface area contributed by atoms with Crippen molar-refractivity contribution in [3.8, 4) is 0 Å². The van der Waals surface area contributed by atoms with Gasteiger partial charge < -0.3 is 14.2 Å². The molecule has 1 aliphatic heterocycles. The molecule has 0 N–H and O–H groups in total. The normalized spacial score (nSPS) is 19.0. The Morgan fingerprint density at radius 1 is 1.20 bits per heavy atom. The fraction of sp³-hybridized carbons (Fsp3) is 0.522. The van der Waals surface area contributed by atoms with Crippen LogP contribution in [0.4, 0.5) is 5.82 Å². The topological polar surface area (TPSA) is 62.5 Å². The lowest BCUT2D eigenvalue weighted by Gasteiger charge is -2.30. The van der Waals surface area contributed by atoms with E-state index in [1.807, 2.05) is 23.2 Å². The highest BCUT2D eigenvalue weighted by molar-refractivity contribution is 7.19. The molecule has 1 saturated heterocycles. The second-order valence-corrected chi connectivity index (χ2v) is 10.3. The summed E-state index contributed by atoms with van der Waals surface area (Å²) in [7, 11) is 0. The van der Waals surface area contributed by atoms with Crippen LogP contribution in [0.25, 0.3) is 10.2 Å². The molecular formula is C23H28N4O2S. The van der Waals surface area contributed by atoms with Crippen LogP contribution in [0.5, 0.6) is 0 Å². The molecule has 0 saturated carbocycles. The van der Waals surface area contributed by atoms with Crippen molar-refractivity contribution in [3.05, 3.63) is 40.4 Å². The highest BCUT2D eigenvalue weighted by atomic mass is 32.1. The van der Waals surface area contributed by atoms with Crippen molar-refractivity contribution < 1.29 is 9.21 Å². The number of aryl methyl sites for hydroxylation is 2. The smallest absolute Gasteiger partial charge is 0.289 e. The van der Waals surface area contributed by atoms with Gasteiger partial charge >= 0.3 is 0 Å². The van der Waals surface area contributed by atoms with Crippen molar-refractivity contribution in [2.75, 3.05) is 31.1 Å². The summed E-state index contributed by atoms with van der Waals surface area (Å²) in [6.45, 7) is 9.77. The van der Waals surface area contributed by atoms with Crippen molar-refractivity contribution >= 4 is 33.3 Å². The lowest BCUT2D eigenvalue weighted by atomic mass is 9.77. The highest BCUT2D eigenvalue weighted by Gasteiger charge is 2.31. The molecule has 2 aliphatic rings. The molecule has 0 bridgehead atoms. The SMILES string of the molecule is Cc1nc(N2CCCN(C(=O)c3ccco3)CC2)c2c3c(sc2n1)CC(C)(C)CC3. The number of carbonyl (C=O) groups excluding carboxylic acids is 1. The minimum absolute atomic E-state index is 0.0268. The van der Waals surface area contributed by atoms with Gasteiger partial charge in [-0.2, -0.15) is 0 Å². The number of nitrogens with zero attached hydrogens (tertiary/aromatic N) is 4. The fourth-order valence-corrected chi connectivity index (χ4v) is 6.22. The molecule has 0 atom stereocenters. The molecule has 3 aromatic heterocycles. The molecule has 1 aliphatic carbocycles. The van der Waals surface area contributed by atoms with Crippen LogP contribution in [0.2, 0.25) is 0 Å². The number of rotatable bonds is 2. The van der Waals surface area contributed by atoms with Crippen LogP contribution in [-0.2, 0) is 12.8 Å². The average Bonchev–Trinajstić information content (AvgIpc) is 3.27. The summed E-state index contributed by atoms with van der Waals surface area (Å²) >= 11 is 1.85. The van der Waals surface area contributed by atoms with Crippen LogP contribution in [0.3, 0.4) is 0 Å². The zero-order valence-electron chi connectivity index (χ0n) is 17.9. The third kappa shape index (κ3) is 3.49. The van der Waals surface area contributed by atoms with Gasteiger partial charge in [-0.25, -0.2) is 9.97 Å². The molecule has 6 nitrogen and oxygen atoms in total. The van der Waals surface area contributed by atoms with Crippen LogP contribution >= 0.6 is 11.3 Å². The minimum atomic E-state index is -0.0268. The molecule has 1 amide bonds. The van der Waals surface area contributed by atoms with Crippen LogP contribution in [0.15, 0.2) is 22.8 Å². The summed E-state index contributed by atoms with van der Waals surface area (Å²) < 4.78 is 5.32. The van der Waals surface area contributed by atoms with Gasteiger partial charge in [0.05, 0.1) is 11.6 Å². The molecule has 5 rings (SSSR count).